The van der Waals surface area contributed by atoms with Crippen molar-refractivity contribution in [2.24, 2.45) is 17.6 Å². The Balaban J connectivity index is 2.07. The first-order chi connectivity index (χ1) is 9.18. The summed E-state index contributed by atoms with van der Waals surface area (Å²) in [7, 11) is 0. The van der Waals surface area contributed by atoms with Crippen LogP contribution < -0.4 is 5.73 Å². The summed E-state index contributed by atoms with van der Waals surface area (Å²) in [5.74, 6) is 1.03. The highest BCUT2D eigenvalue weighted by atomic mass is 19.1. The SMILES string of the molecule is CC1CCCC1C(N)c1ccc(F)c2ccccc12. The molecule has 2 heteroatoms. The lowest BCUT2D eigenvalue weighted by molar-refractivity contribution is 0.352. The molecule has 3 rings (SSSR count). The van der Waals surface area contributed by atoms with Crippen LogP contribution in [0.4, 0.5) is 4.39 Å². The van der Waals surface area contributed by atoms with Crippen molar-refractivity contribution in [2.45, 2.75) is 32.2 Å². The Bertz CT molecular complexity index is 593. The molecule has 0 aliphatic heterocycles. The summed E-state index contributed by atoms with van der Waals surface area (Å²) >= 11 is 0. The number of fused-ring (bicyclic) bond motifs is 1. The van der Waals surface area contributed by atoms with E-state index in [9.17, 15) is 4.39 Å². The number of rotatable bonds is 2. The van der Waals surface area contributed by atoms with E-state index in [2.05, 4.69) is 6.92 Å². The fraction of sp³-hybridized carbons (Fsp3) is 0.412. The van der Waals surface area contributed by atoms with Crippen molar-refractivity contribution in [3.05, 3.63) is 47.8 Å². The fourth-order valence-corrected chi connectivity index (χ4v) is 3.51. The van der Waals surface area contributed by atoms with E-state index in [1.165, 1.54) is 19.3 Å². The summed E-state index contributed by atoms with van der Waals surface area (Å²) in [5, 5.41) is 1.65. The summed E-state index contributed by atoms with van der Waals surface area (Å²) in [5.41, 5.74) is 7.58. The Morgan fingerprint density at radius 2 is 1.84 bits per heavy atom. The molecule has 0 spiro atoms. The van der Waals surface area contributed by atoms with E-state index in [0.717, 1.165) is 10.9 Å². The van der Waals surface area contributed by atoms with Crippen LogP contribution in [0.5, 0.6) is 0 Å². The highest BCUT2D eigenvalue weighted by Crippen LogP contribution is 2.40. The monoisotopic (exact) mass is 257 g/mol. The molecule has 2 aromatic carbocycles. The lowest BCUT2D eigenvalue weighted by Crippen LogP contribution is -2.23. The van der Waals surface area contributed by atoms with Crippen LogP contribution in [0.3, 0.4) is 0 Å². The van der Waals surface area contributed by atoms with Gasteiger partial charge in [0.2, 0.25) is 0 Å². The van der Waals surface area contributed by atoms with Crippen molar-refractivity contribution < 1.29 is 4.39 Å². The molecule has 0 aromatic heterocycles. The molecule has 1 aliphatic carbocycles. The molecular formula is C17H20FN. The van der Waals surface area contributed by atoms with Crippen molar-refractivity contribution in [3.63, 3.8) is 0 Å². The van der Waals surface area contributed by atoms with E-state index in [1.54, 1.807) is 6.07 Å². The topological polar surface area (TPSA) is 26.0 Å². The normalized spacial score (nSPS) is 24.8. The van der Waals surface area contributed by atoms with Gasteiger partial charge in [0.1, 0.15) is 5.82 Å². The maximum absolute atomic E-state index is 13.8. The molecule has 3 atom stereocenters. The van der Waals surface area contributed by atoms with Crippen molar-refractivity contribution in [1.29, 1.82) is 0 Å². The standard InChI is InChI=1S/C17H20FN/c1-11-5-4-8-12(11)17(19)15-9-10-16(18)14-7-3-2-6-13(14)15/h2-3,6-7,9-12,17H,4-5,8,19H2,1H3. The molecule has 0 amide bonds. The minimum absolute atomic E-state index is 0.0167. The first kappa shape index (κ1) is 12.6. The molecule has 0 saturated heterocycles. The van der Waals surface area contributed by atoms with Gasteiger partial charge in [-0.1, -0.05) is 50.1 Å². The van der Waals surface area contributed by atoms with Crippen molar-refractivity contribution in [1.82, 2.24) is 0 Å². The van der Waals surface area contributed by atoms with Gasteiger partial charge in [-0.05, 0) is 35.3 Å². The van der Waals surface area contributed by atoms with Crippen LogP contribution in [0.15, 0.2) is 36.4 Å². The largest absolute Gasteiger partial charge is 0.324 e. The average Bonchev–Trinajstić information content (AvgIpc) is 2.85. The van der Waals surface area contributed by atoms with Gasteiger partial charge in [-0.2, -0.15) is 0 Å². The second-order valence-corrected chi connectivity index (χ2v) is 5.78. The Morgan fingerprint density at radius 3 is 2.53 bits per heavy atom. The lowest BCUT2D eigenvalue weighted by atomic mass is 9.84. The number of nitrogens with two attached hydrogens (primary N) is 1. The van der Waals surface area contributed by atoms with E-state index in [0.29, 0.717) is 17.2 Å². The predicted molar refractivity (Wildman–Crippen MR) is 77.3 cm³/mol. The molecule has 19 heavy (non-hydrogen) atoms. The number of benzene rings is 2. The van der Waals surface area contributed by atoms with Crippen LogP contribution in [-0.4, -0.2) is 0 Å². The third-order valence-corrected chi connectivity index (χ3v) is 4.65. The van der Waals surface area contributed by atoms with E-state index >= 15 is 0 Å². The summed E-state index contributed by atoms with van der Waals surface area (Å²) < 4.78 is 13.8. The van der Waals surface area contributed by atoms with Crippen molar-refractivity contribution in [3.8, 4) is 0 Å². The quantitative estimate of drug-likeness (QED) is 0.847. The molecule has 1 aliphatic rings. The first-order valence-electron chi connectivity index (χ1n) is 7.11. The Kier molecular flexibility index (Phi) is 3.28. The molecule has 2 aromatic rings. The molecule has 1 saturated carbocycles. The van der Waals surface area contributed by atoms with Crippen LogP contribution in [0.1, 0.15) is 37.8 Å². The first-order valence-corrected chi connectivity index (χ1v) is 7.11. The zero-order valence-corrected chi connectivity index (χ0v) is 11.3. The number of hydrogen-bond acceptors (Lipinski definition) is 1. The van der Waals surface area contributed by atoms with Gasteiger partial charge >= 0.3 is 0 Å². The van der Waals surface area contributed by atoms with Crippen molar-refractivity contribution >= 4 is 10.8 Å². The van der Waals surface area contributed by atoms with Gasteiger partial charge in [-0.15, -0.1) is 0 Å². The van der Waals surface area contributed by atoms with Crippen LogP contribution in [-0.2, 0) is 0 Å². The minimum atomic E-state index is -0.161. The average molecular weight is 257 g/mol. The van der Waals surface area contributed by atoms with Gasteiger partial charge in [0, 0.05) is 11.4 Å². The highest BCUT2D eigenvalue weighted by molar-refractivity contribution is 5.86. The minimum Gasteiger partial charge on any atom is -0.324 e. The number of hydrogen-bond donors (Lipinski definition) is 1. The molecule has 1 fully saturated rings. The molecule has 0 bridgehead atoms. The Labute approximate surface area is 113 Å². The van der Waals surface area contributed by atoms with Crippen LogP contribution in [0, 0.1) is 17.7 Å². The van der Waals surface area contributed by atoms with Gasteiger partial charge < -0.3 is 5.73 Å². The second kappa shape index (κ2) is 4.93. The molecule has 0 heterocycles. The van der Waals surface area contributed by atoms with Gasteiger partial charge in [0.25, 0.3) is 0 Å². The lowest BCUT2D eigenvalue weighted by Gasteiger charge is -2.25. The van der Waals surface area contributed by atoms with Gasteiger partial charge in [0.15, 0.2) is 0 Å². The molecular weight excluding hydrogens is 237 g/mol. The molecule has 3 unspecified atom stereocenters. The second-order valence-electron chi connectivity index (χ2n) is 5.78. The maximum Gasteiger partial charge on any atom is 0.131 e. The molecule has 2 N–H and O–H groups in total. The molecule has 0 radical (unpaired) electrons. The Hall–Kier alpha value is -1.41. The van der Waals surface area contributed by atoms with Gasteiger partial charge in [-0.3, -0.25) is 0 Å². The molecule has 1 nitrogen and oxygen atoms in total. The summed E-state index contributed by atoms with van der Waals surface area (Å²) in [6.07, 6.45) is 3.71. The van der Waals surface area contributed by atoms with Gasteiger partial charge in [0.05, 0.1) is 0 Å². The van der Waals surface area contributed by atoms with Crippen LogP contribution in [0.25, 0.3) is 10.8 Å². The predicted octanol–water partition coefficient (Wildman–Crippen LogP) is 4.41. The van der Waals surface area contributed by atoms with Crippen LogP contribution in [0.2, 0.25) is 0 Å². The van der Waals surface area contributed by atoms with E-state index in [-0.39, 0.29) is 11.9 Å². The summed E-state index contributed by atoms with van der Waals surface area (Å²) in [6, 6.07) is 11.1. The summed E-state index contributed by atoms with van der Waals surface area (Å²) in [4.78, 5) is 0. The fourth-order valence-electron chi connectivity index (χ4n) is 3.51. The van der Waals surface area contributed by atoms with E-state index in [4.69, 9.17) is 5.73 Å². The smallest absolute Gasteiger partial charge is 0.131 e. The Morgan fingerprint density at radius 1 is 1.11 bits per heavy atom. The summed E-state index contributed by atoms with van der Waals surface area (Å²) in [6.45, 7) is 2.28. The van der Waals surface area contributed by atoms with Crippen molar-refractivity contribution in [2.75, 3.05) is 0 Å². The zero-order valence-electron chi connectivity index (χ0n) is 11.3. The van der Waals surface area contributed by atoms with Gasteiger partial charge in [-0.25, -0.2) is 4.39 Å². The maximum atomic E-state index is 13.8. The third-order valence-electron chi connectivity index (χ3n) is 4.65. The van der Waals surface area contributed by atoms with Crippen LogP contribution >= 0.6 is 0 Å². The third kappa shape index (κ3) is 2.14. The molecule has 100 valence electrons. The van der Waals surface area contributed by atoms with E-state index < -0.39 is 0 Å². The highest BCUT2D eigenvalue weighted by Gasteiger charge is 2.30. The zero-order chi connectivity index (χ0) is 13.4. The number of halogens is 1. The van der Waals surface area contributed by atoms with E-state index in [1.807, 2.05) is 30.3 Å².